The highest BCUT2D eigenvalue weighted by molar-refractivity contribution is 6.32. The van der Waals surface area contributed by atoms with Gasteiger partial charge < -0.3 is 8.98 Å². The lowest BCUT2D eigenvalue weighted by atomic mass is 10.2. The summed E-state index contributed by atoms with van der Waals surface area (Å²) < 4.78 is 8.43. The minimum atomic E-state index is -0.366. The van der Waals surface area contributed by atoms with Crippen LogP contribution in [0.15, 0.2) is 33.9 Å². The van der Waals surface area contributed by atoms with E-state index in [2.05, 4.69) is 20.3 Å². The van der Waals surface area contributed by atoms with E-state index in [0.29, 0.717) is 27.4 Å². The molecule has 0 aliphatic carbocycles. The predicted molar refractivity (Wildman–Crippen MR) is 95.2 cm³/mol. The predicted octanol–water partition coefficient (Wildman–Crippen LogP) is 1.87. The van der Waals surface area contributed by atoms with E-state index in [4.69, 9.17) is 16.0 Å². The lowest BCUT2D eigenvalue weighted by Crippen LogP contribution is -2.20. The number of nitrogens with one attached hydrogen (secondary N) is 1. The Morgan fingerprint density at radius 2 is 2.12 bits per heavy atom. The van der Waals surface area contributed by atoms with E-state index in [0.717, 1.165) is 5.56 Å². The molecule has 9 nitrogen and oxygen atoms in total. The van der Waals surface area contributed by atoms with Crippen LogP contribution in [-0.2, 0) is 18.4 Å². The molecule has 0 unspecified atom stereocenters. The lowest BCUT2D eigenvalue weighted by Gasteiger charge is -2.03. The molecule has 4 aromatic rings. The molecule has 26 heavy (non-hydrogen) atoms. The average Bonchev–Trinajstić information content (AvgIpc) is 3.15. The van der Waals surface area contributed by atoms with Crippen LogP contribution >= 0.6 is 11.6 Å². The van der Waals surface area contributed by atoms with Crippen LogP contribution in [0.5, 0.6) is 0 Å². The Bertz CT molecular complexity index is 1180. The monoisotopic (exact) mass is 372 g/mol. The van der Waals surface area contributed by atoms with Crippen LogP contribution in [-0.4, -0.2) is 30.0 Å². The zero-order valence-corrected chi connectivity index (χ0v) is 14.6. The summed E-state index contributed by atoms with van der Waals surface area (Å²) in [6, 6.07) is 3.52. The van der Waals surface area contributed by atoms with Crippen molar-refractivity contribution in [2.75, 3.05) is 5.32 Å². The van der Waals surface area contributed by atoms with E-state index in [1.54, 1.807) is 19.2 Å². The maximum absolute atomic E-state index is 12.3. The number of anilines is 1. The maximum atomic E-state index is 12.3. The van der Waals surface area contributed by atoms with Gasteiger partial charge in [-0.2, -0.15) is 4.98 Å². The van der Waals surface area contributed by atoms with Crippen molar-refractivity contribution in [3.8, 4) is 0 Å². The van der Waals surface area contributed by atoms with Crippen molar-refractivity contribution in [1.82, 2.24) is 24.1 Å². The Labute approximate surface area is 151 Å². The first-order chi connectivity index (χ1) is 12.4. The third-order valence-corrected chi connectivity index (χ3v) is 4.37. The number of imidazole rings is 1. The Balaban J connectivity index is 1.58. The quantitative estimate of drug-likeness (QED) is 0.588. The zero-order valence-electron chi connectivity index (χ0n) is 13.9. The number of aryl methyl sites for hydroxylation is 2. The zero-order chi connectivity index (χ0) is 18.4. The first-order valence-electron chi connectivity index (χ1n) is 7.66. The van der Waals surface area contributed by atoms with Crippen molar-refractivity contribution in [2.24, 2.45) is 7.05 Å². The number of rotatable bonds is 3. The second-order valence-electron chi connectivity index (χ2n) is 5.81. The Hall–Kier alpha value is -3.20. The average molecular weight is 373 g/mol. The third-order valence-electron chi connectivity index (χ3n) is 3.97. The van der Waals surface area contributed by atoms with Crippen molar-refractivity contribution in [3.63, 3.8) is 0 Å². The number of fused-ring (bicyclic) bond motifs is 2. The summed E-state index contributed by atoms with van der Waals surface area (Å²) in [4.78, 5) is 36.3. The molecule has 0 radical (unpaired) electrons. The maximum Gasteiger partial charge on any atom is 0.302 e. The summed E-state index contributed by atoms with van der Waals surface area (Å²) in [5.41, 5.74) is 2.51. The van der Waals surface area contributed by atoms with Gasteiger partial charge in [0.25, 0.3) is 5.56 Å². The minimum absolute atomic E-state index is 0.0553. The second kappa shape index (κ2) is 5.95. The van der Waals surface area contributed by atoms with Gasteiger partial charge in [-0.05, 0) is 24.6 Å². The number of aromatic nitrogens is 5. The van der Waals surface area contributed by atoms with E-state index >= 15 is 0 Å². The molecule has 1 aromatic carbocycles. The summed E-state index contributed by atoms with van der Waals surface area (Å²) in [6.45, 7) is 1.80. The summed E-state index contributed by atoms with van der Waals surface area (Å²) in [5.74, 6) is -0.366. The van der Waals surface area contributed by atoms with Crippen LogP contribution in [0, 0.1) is 6.92 Å². The van der Waals surface area contributed by atoms with Crippen LogP contribution < -0.4 is 10.9 Å². The van der Waals surface area contributed by atoms with Gasteiger partial charge in [0, 0.05) is 12.1 Å². The highest BCUT2D eigenvalue weighted by atomic mass is 35.5. The number of halogens is 1. The van der Waals surface area contributed by atoms with Gasteiger partial charge >= 0.3 is 6.01 Å². The summed E-state index contributed by atoms with van der Waals surface area (Å²) in [7, 11) is 1.59. The summed E-state index contributed by atoms with van der Waals surface area (Å²) >= 11 is 6.07. The molecule has 3 heterocycles. The number of hydrogen-bond acceptors (Lipinski definition) is 6. The fourth-order valence-corrected chi connectivity index (χ4v) is 2.73. The molecule has 0 saturated carbocycles. The largest absolute Gasteiger partial charge is 0.423 e. The number of carbonyl (C=O) groups is 1. The molecule has 0 atom stereocenters. The van der Waals surface area contributed by atoms with Gasteiger partial charge in [0.1, 0.15) is 12.1 Å². The minimum Gasteiger partial charge on any atom is -0.423 e. The normalized spacial score (nSPS) is 11.3. The fourth-order valence-electron chi connectivity index (χ4n) is 2.57. The van der Waals surface area contributed by atoms with E-state index in [9.17, 15) is 9.59 Å². The number of benzene rings is 1. The molecule has 10 heteroatoms. The smallest absolute Gasteiger partial charge is 0.302 e. The van der Waals surface area contributed by atoms with Crippen LogP contribution in [0.1, 0.15) is 5.56 Å². The highest BCUT2D eigenvalue weighted by Crippen LogP contribution is 2.25. The molecule has 0 aliphatic heterocycles. The Morgan fingerprint density at radius 3 is 2.92 bits per heavy atom. The molecule has 132 valence electrons. The van der Waals surface area contributed by atoms with Crippen LogP contribution in [0.4, 0.5) is 6.01 Å². The number of amides is 1. The van der Waals surface area contributed by atoms with E-state index in [-0.39, 0.29) is 24.0 Å². The van der Waals surface area contributed by atoms with Crippen molar-refractivity contribution < 1.29 is 9.21 Å². The second-order valence-corrected chi connectivity index (χ2v) is 6.22. The molecule has 1 N–H and O–H groups in total. The first kappa shape index (κ1) is 16.3. The molecular weight excluding hydrogens is 360 g/mol. The van der Waals surface area contributed by atoms with Crippen molar-refractivity contribution >= 4 is 45.9 Å². The molecule has 0 saturated heterocycles. The molecule has 1 amide bonds. The van der Waals surface area contributed by atoms with Gasteiger partial charge in [-0.3, -0.25) is 19.5 Å². The van der Waals surface area contributed by atoms with Crippen molar-refractivity contribution in [1.29, 1.82) is 0 Å². The van der Waals surface area contributed by atoms with Gasteiger partial charge in [-0.25, -0.2) is 9.97 Å². The molecule has 4 rings (SSSR count). The molecule has 0 spiro atoms. The lowest BCUT2D eigenvalue weighted by molar-refractivity contribution is -0.116. The van der Waals surface area contributed by atoms with E-state index in [1.807, 2.05) is 6.92 Å². The van der Waals surface area contributed by atoms with Crippen molar-refractivity contribution in [2.45, 2.75) is 13.5 Å². The SMILES string of the molecule is Cc1cc2oc(NC(=O)Cn3cnc4c3ncc(=O)n4C)nc2cc1Cl. The molecule has 3 aromatic heterocycles. The number of nitrogens with zero attached hydrogens (tertiary/aromatic N) is 5. The first-order valence-corrected chi connectivity index (χ1v) is 8.03. The number of oxazole rings is 1. The number of hydrogen-bond donors (Lipinski definition) is 1. The van der Waals surface area contributed by atoms with Gasteiger partial charge in [0.2, 0.25) is 5.91 Å². The highest BCUT2D eigenvalue weighted by Gasteiger charge is 2.14. The van der Waals surface area contributed by atoms with Crippen LogP contribution in [0.3, 0.4) is 0 Å². The molecule has 0 aliphatic rings. The van der Waals surface area contributed by atoms with Gasteiger partial charge in [0.15, 0.2) is 16.9 Å². The van der Waals surface area contributed by atoms with Gasteiger partial charge in [-0.1, -0.05) is 11.6 Å². The van der Waals surface area contributed by atoms with Gasteiger partial charge in [-0.15, -0.1) is 0 Å². The molecule has 0 bridgehead atoms. The third kappa shape index (κ3) is 2.72. The van der Waals surface area contributed by atoms with E-state index in [1.165, 1.54) is 21.7 Å². The number of carbonyl (C=O) groups excluding carboxylic acids is 1. The Morgan fingerprint density at radius 1 is 1.31 bits per heavy atom. The molecular formula is C16H13ClN6O3. The summed E-state index contributed by atoms with van der Waals surface area (Å²) in [6.07, 6.45) is 2.64. The summed E-state index contributed by atoms with van der Waals surface area (Å²) in [5, 5.41) is 3.17. The Kier molecular flexibility index (Phi) is 3.73. The van der Waals surface area contributed by atoms with E-state index < -0.39 is 0 Å². The van der Waals surface area contributed by atoms with Crippen LogP contribution in [0.25, 0.3) is 22.4 Å². The molecule has 0 fully saturated rings. The fraction of sp³-hybridized carbons (Fsp3) is 0.188. The van der Waals surface area contributed by atoms with Crippen molar-refractivity contribution in [3.05, 3.63) is 45.6 Å². The topological polar surface area (TPSA) is 108 Å². The van der Waals surface area contributed by atoms with Crippen LogP contribution in [0.2, 0.25) is 5.02 Å². The van der Waals surface area contributed by atoms with Gasteiger partial charge in [0.05, 0.1) is 12.5 Å². The standard InChI is InChI=1S/C16H13ClN6O3/c1-8-3-11-10(4-9(8)17)20-16(26-11)21-12(24)6-23-7-19-14-15(23)18-5-13(25)22(14)2/h3-5,7H,6H2,1-2H3,(H,20,21,24).